The zero-order chi connectivity index (χ0) is 76.5. The van der Waals surface area contributed by atoms with E-state index in [9.17, 15) is 64.6 Å². The molecule has 2 fully saturated rings. The number of nitrogens with zero attached hydrogens (tertiary/aromatic N) is 4. The Labute approximate surface area is 624 Å². The number of rotatable bonds is 29. The van der Waals surface area contributed by atoms with Crippen molar-refractivity contribution in [2.45, 2.75) is 158 Å². The van der Waals surface area contributed by atoms with E-state index in [0.717, 1.165) is 73.6 Å². The van der Waals surface area contributed by atoms with Gasteiger partial charge in [0.05, 0.1) is 56.4 Å². The number of aromatic nitrogens is 2. The van der Waals surface area contributed by atoms with Crippen molar-refractivity contribution in [1.82, 2.24) is 24.3 Å². The van der Waals surface area contributed by atoms with Gasteiger partial charge in [0, 0.05) is 107 Å². The Hall–Kier alpha value is -7.40. The van der Waals surface area contributed by atoms with E-state index < -0.39 is 94.8 Å². The third kappa shape index (κ3) is 24.8. The maximum absolute atomic E-state index is 16.0. The molecule has 105 heavy (non-hydrogen) atoms. The summed E-state index contributed by atoms with van der Waals surface area (Å²) in [6.45, 7) is 27.0. The van der Waals surface area contributed by atoms with Crippen molar-refractivity contribution >= 4 is 50.8 Å². The molecule has 27 heteroatoms. The Morgan fingerprint density at radius 3 is 1.31 bits per heavy atom. The molecule has 4 N–H and O–H groups in total. The highest BCUT2D eigenvalue weighted by atomic mass is 32.1. The Morgan fingerprint density at radius 2 is 0.943 bits per heavy atom. The minimum Gasteiger partial charge on any atom is -0.480 e. The number of hydrogen-bond acceptors (Lipinski definition) is 13. The highest BCUT2D eigenvalue weighted by molar-refractivity contribution is 7.59. The number of nitrogens with two attached hydrogens (primary N) is 1. The molecule has 2 unspecified atom stereocenters. The number of ether oxygens (including phenoxy) is 4. The number of benzene rings is 4. The second-order valence-electron chi connectivity index (χ2n) is 27.8. The summed E-state index contributed by atoms with van der Waals surface area (Å²) in [7, 11) is 3.21. The van der Waals surface area contributed by atoms with E-state index in [1.807, 2.05) is 93.8 Å². The highest BCUT2D eigenvalue weighted by Gasteiger charge is 2.39. The number of pyridine rings is 2. The fourth-order valence-corrected chi connectivity index (χ4v) is 13.5. The standard InChI is InChI=1S/C39H49F4N3O5.C20H24FNO2.C19H27F3N2O4.2H2S/c1-8-51-35(48)18-32(30-16-29(15-26(6)37(30)40)36-24(4)10-9-11-25(36)5)44-38(49)33(14-23(2)3)46-21-28(31(17-34(46)47)39(41,42)43)12-13-45-19-27(20-45)22-50-7;1-5-24-18(23)11-17(22)16-10-15(9-14(4)20(16)21)19-12(2)7-6-8-13(19)3;1-12(2)6-16(18(26)27)24-10-14(15(7-17(24)25)19(20,21)22)4-5-23-8-13(9-23)11-28-3;;/h9-11,15-17,21,23,27,32-33H,8,12-14,18-20,22H2,1-7H3,(H,44,49);6-10,17H,5,11,22H2,1-4H3;7,10,12-13,16H,4-6,8-9,11H2,1-3H3,(H,26,27);2*1H2/t32-,33?;17-;;;/m00.../s1. The lowest BCUT2D eigenvalue weighted by Crippen LogP contribution is -2.49. The minimum absolute atomic E-state index is 0. The van der Waals surface area contributed by atoms with Crippen molar-refractivity contribution in [3.05, 3.63) is 184 Å². The van der Waals surface area contributed by atoms with E-state index in [-0.39, 0.29) is 107 Å². The number of hydrogen-bond donors (Lipinski definition) is 3. The van der Waals surface area contributed by atoms with E-state index >= 15 is 4.39 Å². The molecule has 4 atom stereocenters. The number of alkyl halides is 6. The Bertz CT molecular complexity index is 4000. The molecular weight excluding hydrogens is 1410 g/mol. The summed E-state index contributed by atoms with van der Waals surface area (Å²) in [5, 5.41) is 12.3. The third-order valence-electron chi connectivity index (χ3n) is 18.4. The molecule has 0 aliphatic carbocycles. The van der Waals surface area contributed by atoms with Crippen LogP contribution in [0.2, 0.25) is 0 Å². The zero-order valence-corrected chi connectivity index (χ0v) is 64.4. The first-order chi connectivity index (χ1) is 48.4. The summed E-state index contributed by atoms with van der Waals surface area (Å²) in [4.78, 5) is 80.0. The average Bonchev–Trinajstić information content (AvgIpc) is 0.790. The van der Waals surface area contributed by atoms with Crippen LogP contribution in [0, 0.1) is 76.8 Å². The second-order valence-corrected chi connectivity index (χ2v) is 27.8. The molecule has 4 aromatic carbocycles. The van der Waals surface area contributed by atoms with Gasteiger partial charge in [0.15, 0.2) is 0 Å². The highest BCUT2D eigenvalue weighted by Crippen LogP contribution is 2.38. The third-order valence-corrected chi connectivity index (χ3v) is 18.4. The second kappa shape index (κ2) is 40.5. The van der Waals surface area contributed by atoms with Crippen LogP contribution in [0.4, 0.5) is 35.1 Å². The van der Waals surface area contributed by atoms with Crippen molar-refractivity contribution in [2.24, 2.45) is 29.4 Å². The Kier molecular flexibility index (Phi) is 34.7. The van der Waals surface area contributed by atoms with E-state index in [2.05, 4.69) is 5.32 Å². The average molecular weight is 1520 g/mol. The van der Waals surface area contributed by atoms with Crippen LogP contribution in [0.3, 0.4) is 0 Å². The Morgan fingerprint density at radius 1 is 0.571 bits per heavy atom. The SMILES string of the molecule is CCOC(=O)C[C@H](N)c1cc(-c2c(C)cccc2C)cc(C)c1F.CCOC(=O)C[C@H](NC(=O)C(CC(C)C)n1cc(CCN2CC(COC)C2)c(C(F)(F)F)cc1=O)c1cc(-c2c(C)cccc2C)cc(C)c1F.COCC1CN(CCc2cn(C(CC(C)C)C(=O)O)c(=O)cc2C(F)(F)F)C1.S.S. The number of aliphatic carboxylic acids is 1. The number of carbonyl (C=O) groups is 4. The number of nitrogens with one attached hydrogen (secondary N) is 1. The zero-order valence-electron chi connectivity index (χ0n) is 62.4. The Balaban J connectivity index is 0.000000364. The lowest BCUT2D eigenvalue weighted by atomic mass is 9.90. The van der Waals surface area contributed by atoms with Gasteiger partial charge < -0.3 is 54.0 Å². The quantitative estimate of drug-likeness (QED) is 0.0294. The van der Waals surface area contributed by atoms with Gasteiger partial charge in [0.1, 0.15) is 23.7 Å². The number of carboxylic acids is 1. The van der Waals surface area contributed by atoms with Crippen molar-refractivity contribution in [1.29, 1.82) is 0 Å². The van der Waals surface area contributed by atoms with Gasteiger partial charge in [0.25, 0.3) is 11.1 Å². The van der Waals surface area contributed by atoms with Gasteiger partial charge >= 0.3 is 30.3 Å². The van der Waals surface area contributed by atoms with Crippen molar-refractivity contribution < 1.29 is 78.4 Å². The van der Waals surface area contributed by atoms with Gasteiger partial charge in [-0.05, 0) is 184 Å². The van der Waals surface area contributed by atoms with Crippen molar-refractivity contribution in [2.75, 3.05) is 79.9 Å². The van der Waals surface area contributed by atoms with Gasteiger partial charge in [-0.15, -0.1) is 0 Å². The van der Waals surface area contributed by atoms with Gasteiger partial charge in [0.2, 0.25) is 5.91 Å². The number of likely N-dealkylation sites (tertiary alicyclic amines) is 2. The molecular formula is C78H104F8N6O11S2. The van der Waals surface area contributed by atoms with Crippen LogP contribution >= 0.6 is 27.0 Å². The molecule has 2 aliphatic rings. The van der Waals surface area contributed by atoms with Crippen molar-refractivity contribution in [3.8, 4) is 22.3 Å². The van der Waals surface area contributed by atoms with Gasteiger partial charge in [-0.3, -0.25) is 24.0 Å². The molecule has 1 amide bonds. The summed E-state index contributed by atoms with van der Waals surface area (Å²) >= 11 is 0. The lowest BCUT2D eigenvalue weighted by Gasteiger charge is -2.39. The van der Waals surface area contributed by atoms with Gasteiger partial charge in [-0.25, -0.2) is 13.6 Å². The molecule has 17 nitrogen and oxygen atoms in total. The predicted octanol–water partition coefficient (Wildman–Crippen LogP) is 14.4. The molecule has 0 radical (unpaired) electrons. The van der Waals surface area contributed by atoms with E-state index in [1.165, 1.54) is 0 Å². The molecule has 8 rings (SSSR count). The number of amides is 1. The fraction of sp³-hybridized carbons (Fsp3) is 0.513. The van der Waals surface area contributed by atoms with Crippen molar-refractivity contribution in [3.63, 3.8) is 0 Å². The number of carboxylic acid groups (broad SMARTS) is 1. The maximum Gasteiger partial charge on any atom is 0.416 e. The van der Waals surface area contributed by atoms with Crippen LogP contribution in [0.5, 0.6) is 0 Å². The van der Waals surface area contributed by atoms with Crippen LogP contribution in [0.15, 0.2) is 94.8 Å². The molecule has 4 heterocycles. The number of esters is 2. The number of carbonyl (C=O) groups excluding carboxylic acids is 3. The van der Waals surface area contributed by atoms with Crippen LogP contribution in [-0.4, -0.2) is 128 Å². The largest absolute Gasteiger partial charge is 0.480 e. The summed E-state index contributed by atoms with van der Waals surface area (Å²) < 4.78 is 136. The fourth-order valence-electron chi connectivity index (χ4n) is 13.5. The first-order valence-electron chi connectivity index (χ1n) is 34.8. The molecule has 0 spiro atoms. The number of aryl methyl sites for hydroxylation is 6. The normalized spacial score (nSPS) is 14.6. The van der Waals surface area contributed by atoms with E-state index in [1.54, 1.807) is 74.0 Å². The number of halogens is 8. The topological polar surface area (TPSA) is 214 Å². The molecule has 6 aromatic rings. The smallest absolute Gasteiger partial charge is 0.416 e. The minimum atomic E-state index is -4.78. The summed E-state index contributed by atoms with van der Waals surface area (Å²) in [6.07, 6.45) is -7.34. The maximum atomic E-state index is 16.0. The molecule has 2 aromatic heterocycles. The summed E-state index contributed by atoms with van der Waals surface area (Å²) in [5.41, 5.74) is 10.9. The molecule has 2 saturated heterocycles. The molecule has 2 aliphatic heterocycles. The monoisotopic (exact) mass is 1520 g/mol. The van der Waals surface area contributed by atoms with Crippen LogP contribution in [0.25, 0.3) is 22.3 Å². The molecule has 580 valence electrons. The molecule has 0 saturated carbocycles. The van der Waals surface area contributed by atoms with Crippen LogP contribution in [-0.2, 0) is 63.3 Å². The van der Waals surface area contributed by atoms with E-state index in [4.69, 9.17) is 24.7 Å². The number of methoxy groups -OCH3 is 2. The molecule has 0 bridgehead atoms. The predicted molar refractivity (Wildman–Crippen MR) is 400 cm³/mol. The first-order valence-corrected chi connectivity index (χ1v) is 34.8. The van der Waals surface area contributed by atoms with E-state index in [0.29, 0.717) is 85.6 Å². The van der Waals surface area contributed by atoms with Crippen LogP contribution in [0.1, 0.15) is 158 Å². The first kappa shape index (κ1) is 90.0. The lowest BCUT2D eigenvalue weighted by molar-refractivity contribution is -0.144. The van der Waals surface area contributed by atoms with Gasteiger partial charge in [-0.1, -0.05) is 64.1 Å². The van der Waals surface area contributed by atoms with Gasteiger partial charge in [-0.2, -0.15) is 53.3 Å². The summed E-state index contributed by atoms with van der Waals surface area (Å²) in [6, 6.07) is 15.4. The van der Waals surface area contributed by atoms with Crippen LogP contribution < -0.4 is 22.2 Å². The summed E-state index contributed by atoms with van der Waals surface area (Å²) in [5.74, 6) is -3.53.